The summed E-state index contributed by atoms with van der Waals surface area (Å²) in [7, 11) is 1.88. The number of fused-ring (bicyclic) bond motifs is 15. The summed E-state index contributed by atoms with van der Waals surface area (Å²) in [5.41, 5.74) is 3.39. The van der Waals surface area contributed by atoms with Gasteiger partial charge in [0, 0.05) is 56.0 Å². The second-order valence-electron chi connectivity index (χ2n) is 11.6. The number of hydrogen-bond donors (Lipinski definition) is 2. The van der Waals surface area contributed by atoms with Crippen molar-refractivity contribution in [1.82, 2.24) is 35.1 Å². The lowest BCUT2D eigenvalue weighted by Crippen LogP contribution is -2.48. The van der Waals surface area contributed by atoms with E-state index in [2.05, 4.69) is 20.9 Å². The van der Waals surface area contributed by atoms with Gasteiger partial charge in [0.15, 0.2) is 0 Å². The molecule has 11 nitrogen and oxygen atoms in total. The summed E-state index contributed by atoms with van der Waals surface area (Å²) in [5, 5.41) is 15.7. The van der Waals surface area contributed by atoms with Crippen molar-refractivity contribution in [1.29, 1.82) is 0 Å². The molecule has 2 aromatic heterocycles. The lowest BCUT2D eigenvalue weighted by atomic mass is 10.0. The van der Waals surface area contributed by atoms with Gasteiger partial charge in [-0.1, -0.05) is 65.3 Å². The van der Waals surface area contributed by atoms with E-state index < -0.39 is 11.9 Å². The fourth-order valence-electron chi connectivity index (χ4n) is 5.70. The van der Waals surface area contributed by atoms with Crippen LogP contribution < -0.4 is 15.4 Å². The minimum absolute atomic E-state index is 0.146. The molecule has 5 aromatic rings. The van der Waals surface area contributed by atoms with Gasteiger partial charge in [0.1, 0.15) is 23.2 Å². The zero-order valence-electron chi connectivity index (χ0n) is 26.1. The lowest BCUT2D eigenvalue weighted by molar-refractivity contribution is -0.122. The molecular formula is C35H36ClN7O4. The number of nitrogens with one attached hydrogen (secondary N) is 2. The first kappa shape index (κ1) is 31.8. The maximum atomic E-state index is 14.0. The van der Waals surface area contributed by atoms with Gasteiger partial charge in [0.05, 0.1) is 24.4 Å². The van der Waals surface area contributed by atoms with Crippen molar-refractivity contribution in [2.45, 2.75) is 38.4 Å². The third kappa shape index (κ3) is 7.63. The van der Waals surface area contributed by atoms with Crippen LogP contribution in [0.1, 0.15) is 44.9 Å². The van der Waals surface area contributed by atoms with E-state index in [0.29, 0.717) is 73.2 Å². The Kier molecular flexibility index (Phi) is 9.82. The minimum atomic E-state index is -0.836. The predicted molar refractivity (Wildman–Crippen MR) is 178 cm³/mol. The first-order valence-electron chi connectivity index (χ1n) is 15.6. The molecule has 0 aliphatic carbocycles. The average Bonchev–Trinajstić information content (AvgIpc) is 3.67. The van der Waals surface area contributed by atoms with Crippen molar-refractivity contribution >= 4 is 40.2 Å². The predicted octanol–water partition coefficient (Wildman–Crippen LogP) is 4.40. The van der Waals surface area contributed by atoms with Crippen LogP contribution in [0.25, 0.3) is 10.9 Å². The van der Waals surface area contributed by atoms with Crippen LogP contribution in [0.4, 0.5) is 0 Å². The number of benzene rings is 3. The highest BCUT2D eigenvalue weighted by Crippen LogP contribution is 2.26. The van der Waals surface area contributed by atoms with E-state index in [4.69, 9.17) is 16.3 Å². The first-order chi connectivity index (χ1) is 22.9. The van der Waals surface area contributed by atoms with Gasteiger partial charge >= 0.3 is 0 Å². The number of amides is 3. The van der Waals surface area contributed by atoms with Crippen molar-refractivity contribution < 1.29 is 19.1 Å². The lowest BCUT2D eigenvalue weighted by Gasteiger charge is -2.23. The Balaban J connectivity index is 1.24. The zero-order chi connectivity index (χ0) is 32.8. The minimum Gasteiger partial charge on any atom is -0.492 e. The molecule has 7 rings (SSSR count). The molecule has 47 heavy (non-hydrogen) atoms. The Morgan fingerprint density at radius 1 is 1.00 bits per heavy atom. The number of halogens is 1. The standard InChI is InChI=1S/C35H36ClN7O4/c1-41-30-12-6-5-11-25(30)21-31(41)35(46)42-16-7-15-37-34(45)29(19-24-9-3-2-4-10-24)38-33(44)26-13-14-32(28(36)20-26)47-18-8-17-43-23-27(22-42)39-40-43/h2-6,9-14,20-21,23,29H,7-8,15-19,22H2,1H3,(H,37,45)(H,38,44)/t29-/m0/s1. The third-order valence-corrected chi connectivity index (χ3v) is 8.48. The number of carbonyl (C=O) groups excluding carboxylic acids is 3. The van der Waals surface area contributed by atoms with Gasteiger partial charge in [-0.05, 0) is 42.3 Å². The van der Waals surface area contributed by atoms with Crippen molar-refractivity contribution in [3.05, 3.63) is 113 Å². The van der Waals surface area contributed by atoms with Crippen LogP contribution >= 0.6 is 11.6 Å². The van der Waals surface area contributed by atoms with Gasteiger partial charge in [-0.3, -0.25) is 19.1 Å². The molecule has 4 bridgehead atoms. The van der Waals surface area contributed by atoms with Gasteiger partial charge in [-0.15, -0.1) is 5.10 Å². The van der Waals surface area contributed by atoms with Crippen LogP contribution in [0.3, 0.4) is 0 Å². The monoisotopic (exact) mass is 653 g/mol. The number of nitrogens with zero attached hydrogens (tertiary/aromatic N) is 5. The molecular weight excluding hydrogens is 618 g/mol. The molecule has 0 radical (unpaired) electrons. The molecule has 3 amide bonds. The third-order valence-electron chi connectivity index (χ3n) is 8.19. The molecule has 2 aliphatic rings. The van der Waals surface area contributed by atoms with Crippen molar-refractivity contribution in [3.8, 4) is 5.75 Å². The molecule has 0 unspecified atom stereocenters. The molecule has 2 aliphatic heterocycles. The molecule has 3 aromatic carbocycles. The van der Waals surface area contributed by atoms with E-state index in [1.54, 1.807) is 21.7 Å². The summed E-state index contributed by atoms with van der Waals surface area (Å²) in [6.07, 6.45) is 3.25. The maximum absolute atomic E-state index is 14.0. The van der Waals surface area contributed by atoms with E-state index in [1.807, 2.05) is 78.5 Å². The molecule has 12 heteroatoms. The summed E-state index contributed by atoms with van der Waals surface area (Å²) < 4.78 is 9.50. The normalized spacial score (nSPS) is 16.6. The Hall–Kier alpha value is -5.16. The Labute approximate surface area is 277 Å². The van der Waals surface area contributed by atoms with E-state index in [9.17, 15) is 14.4 Å². The molecule has 0 saturated carbocycles. The Morgan fingerprint density at radius 2 is 1.81 bits per heavy atom. The summed E-state index contributed by atoms with van der Waals surface area (Å²) in [4.78, 5) is 42.5. The van der Waals surface area contributed by atoms with Gasteiger partial charge in [-0.25, -0.2) is 0 Å². The Bertz CT molecular complexity index is 1890. The molecule has 242 valence electrons. The van der Waals surface area contributed by atoms with Gasteiger partial charge in [0.2, 0.25) is 5.91 Å². The number of aromatic nitrogens is 4. The zero-order valence-corrected chi connectivity index (χ0v) is 26.8. The molecule has 0 fully saturated rings. The molecule has 0 saturated heterocycles. The number of carbonyl (C=O) groups is 3. The second-order valence-corrected chi connectivity index (χ2v) is 12.0. The summed E-state index contributed by atoms with van der Waals surface area (Å²) in [5.74, 6) is -0.441. The fraction of sp³-hybridized carbons (Fsp3) is 0.286. The highest BCUT2D eigenvalue weighted by atomic mass is 35.5. The molecule has 2 N–H and O–H groups in total. The number of ether oxygens (including phenoxy) is 1. The summed E-state index contributed by atoms with van der Waals surface area (Å²) in [6.45, 7) is 1.83. The topological polar surface area (TPSA) is 123 Å². The number of aryl methyl sites for hydroxylation is 2. The quantitative estimate of drug-likeness (QED) is 0.298. The van der Waals surface area contributed by atoms with Crippen LogP contribution in [0.5, 0.6) is 5.75 Å². The average molecular weight is 654 g/mol. The number of para-hydroxylation sites is 1. The van der Waals surface area contributed by atoms with Crippen molar-refractivity contribution in [3.63, 3.8) is 0 Å². The van der Waals surface area contributed by atoms with Gasteiger partial charge in [0.25, 0.3) is 11.8 Å². The van der Waals surface area contributed by atoms with Crippen LogP contribution in [-0.4, -0.2) is 67.9 Å². The Morgan fingerprint density at radius 3 is 2.62 bits per heavy atom. The van der Waals surface area contributed by atoms with Crippen LogP contribution in [0.2, 0.25) is 5.02 Å². The number of hydrogen-bond acceptors (Lipinski definition) is 6. The van der Waals surface area contributed by atoms with E-state index in [0.717, 1.165) is 16.5 Å². The smallest absolute Gasteiger partial charge is 0.270 e. The molecule has 0 spiro atoms. The summed E-state index contributed by atoms with van der Waals surface area (Å²) >= 11 is 6.47. The van der Waals surface area contributed by atoms with Crippen LogP contribution in [0.15, 0.2) is 85.1 Å². The highest BCUT2D eigenvalue weighted by Gasteiger charge is 2.24. The second kappa shape index (κ2) is 14.5. The number of rotatable bonds is 3. The van der Waals surface area contributed by atoms with Crippen molar-refractivity contribution in [2.75, 3.05) is 19.7 Å². The largest absolute Gasteiger partial charge is 0.492 e. The maximum Gasteiger partial charge on any atom is 0.270 e. The van der Waals surface area contributed by atoms with E-state index in [-0.39, 0.29) is 18.4 Å². The van der Waals surface area contributed by atoms with Gasteiger partial charge < -0.3 is 24.8 Å². The first-order valence-corrected chi connectivity index (χ1v) is 16.0. The van der Waals surface area contributed by atoms with E-state index in [1.165, 1.54) is 6.07 Å². The highest BCUT2D eigenvalue weighted by molar-refractivity contribution is 6.32. The fourth-order valence-corrected chi connectivity index (χ4v) is 5.93. The summed E-state index contributed by atoms with van der Waals surface area (Å²) in [6, 6.07) is 23.2. The van der Waals surface area contributed by atoms with Crippen LogP contribution in [-0.2, 0) is 31.4 Å². The SMILES string of the molecule is Cn1c(C(=O)N2CCCNC(=O)[C@H](Cc3ccccc3)NC(=O)c3ccc(c(Cl)c3)OCCCn3cc(nn3)C2)cc2ccccc21. The molecule has 1 atom stereocenters. The van der Waals surface area contributed by atoms with Crippen LogP contribution in [0, 0.1) is 0 Å². The molecule has 4 heterocycles. The van der Waals surface area contributed by atoms with Gasteiger partial charge in [-0.2, -0.15) is 0 Å². The van der Waals surface area contributed by atoms with Crippen molar-refractivity contribution in [2.24, 2.45) is 7.05 Å². The van der Waals surface area contributed by atoms with E-state index >= 15 is 0 Å².